The van der Waals surface area contributed by atoms with Gasteiger partial charge in [0.15, 0.2) is 0 Å². The van der Waals surface area contributed by atoms with Crippen LogP contribution in [0.4, 0.5) is 10.5 Å². The molecule has 0 radical (unpaired) electrons. The summed E-state index contributed by atoms with van der Waals surface area (Å²) in [5.41, 5.74) is 1.85. The number of amides is 2. The second kappa shape index (κ2) is 8.91. The summed E-state index contributed by atoms with van der Waals surface area (Å²) in [6, 6.07) is 13.8. The van der Waals surface area contributed by atoms with Gasteiger partial charge in [-0.2, -0.15) is 0 Å². The lowest BCUT2D eigenvalue weighted by molar-refractivity contribution is -0.118. The molecule has 27 heavy (non-hydrogen) atoms. The number of carbonyl (C=O) groups excluding carboxylic acids is 2. The number of ether oxygens (including phenoxy) is 1. The van der Waals surface area contributed by atoms with Crippen LogP contribution in [0.25, 0.3) is 0 Å². The Kier molecular flexibility index (Phi) is 6.86. The summed E-state index contributed by atoms with van der Waals surface area (Å²) in [5.74, 6) is -0.343. The van der Waals surface area contributed by atoms with Crippen molar-refractivity contribution in [2.24, 2.45) is 0 Å². The fraction of sp³-hybridized carbons (Fsp3) is 0.333. The summed E-state index contributed by atoms with van der Waals surface area (Å²) in [6.45, 7) is 7.27. The minimum atomic E-state index is -0.832. The Morgan fingerprint density at radius 1 is 1.07 bits per heavy atom. The number of aryl methyl sites for hydroxylation is 1. The van der Waals surface area contributed by atoms with E-state index in [-0.39, 0.29) is 12.3 Å². The van der Waals surface area contributed by atoms with Crippen molar-refractivity contribution in [3.8, 4) is 0 Å². The van der Waals surface area contributed by atoms with Crippen LogP contribution in [-0.2, 0) is 16.0 Å². The molecule has 1 unspecified atom stereocenters. The van der Waals surface area contributed by atoms with Crippen molar-refractivity contribution in [1.82, 2.24) is 5.32 Å². The van der Waals surface area contributed by atoms with Crippen LogP contribution in [-0.4, -0.2) is 23.6 Å². The Labute approximate surface area is 165 Å². The van der Waals surface area contributed by atoms with Gasteiger partial charge in [0.25, 0.3) is 0 Å². The second-order valence-electron chi connectivity index (χ2n) is 7.35. The molecule has 0 fully saturated rings. The van der Waals surface area contributed by atoms with Crippen LogP contribution in [0.3, 0.4) is 0 Å². The number of benzene rings is 2. The molecular formula is C21H25ClN2O3. The van der Waals surface area contributed by atoms with E-state index in [0.717, 1.165) is 11.1 Å². The van der Waals surface area contributed by atoms with E-state index in [1.54, 1.807) is 26.8 Å². The molecule has 2 N–H and O–H groups in total. The van der Waals surface area contributed by atoms with Gasteiger partial charge in [-0.25, -0.2) is 4.79 Å². The summed E-state index contributed by atoms with van der Waals surface area (Å²) < 4.78 is 5.29. The summed E-state index contributed by atoms with van der Waals surface area (Å²) in [4.78, 5) is 25.0. The number of hydrogen-bond acceptors (Lipinski definition) is 3. The molecule has 0 saturated heterocycles. The first kappa shape index (κ1) is 20.8. The zero-order chi connectivity index (χ0) is 20.0. The first-order chi connectivity index (χ1) is 12.6. The van der Waals surface area contributed by atoms with E-state index in [2.05, 4.69) is 10.6 Å². The molecule has 5 nitrogen and oxygen atoms in total. The summed E-state index contributed by atoms with van der Waals surface area (Å²) >= 11 is 6.22. The van der Waals surface area contributed by atoms with Gasteiger partial charge in [-0.05, 0) is 51.5 Å². The van der Waals surface area contributed by atoms with Crippen molar-refractivity contribution in [3.05, 3.63) is 64.7 Å². The average Bonchev–Trinajstić information content (AvgIpc) is 2.56. The van der Waals surface area contributed by atoms with Crippen molar-refractivity contribution in [2.45, 2.75) is 45.8 Å². The predicted octanol–water partition coefficient (Wildman–Crippen LogP) is 4.72. The van der Waals surface area contributed by atoms with E-state index < -0.39 is 17.7 Å². The Hall–Kier alpha value is -2.53. The molecule has 0 aliphatic heterocycles. The van der Waals surface area contributed by atoms with Gasteiger partial charge in [0.1, 0.15) is 11.6 Å². The Bertz CT molecular complexity index is 798. The molecule has 0 saturated carbocycles. The third kappa shape index (κ3) is 6.94. The van der Waals surface area contributed by atoms with E-state index in [4.69, 9.17) is 16.3 Å². The molecule has 2 amide bonds. The maximum Gasteiger partial charge on any atom is 0.408 e. The summed E-state index contributed by atoms with van der Waals surface area (Å²) in [6.07, 6.45) is -0.407. The van der Waals surface area contributed by atoms with Crippen molar-refractivity contribution < 1.29 is 14.3 Å². The third-order valence-corrected chi connectivity index (χ3v) is 4.08. The van der Waals surface area contributed by atoms with E-state index in [1.807, 2.05) is 49.4 Å². The monoisotopic (exact) mass is 388 g/mol. The second-order valence-corrected chi connectivity index (χ2v) is 7.76. The highest BCUT2D eigenvalue weighted by Crippen LogP contribution is 2.18. The molecule has 2 rings (SSSR count). The van der Waals surface area contributed by atoms with Gasteiger partial charge in [0, 0.05) is 17.1 Å². The van der Waals surface area contributed by atoms with Gasteiger partial charge in [-0.15, -0.1) is 0 Å². The van der Waals surface area contributed by atoms with Crippen LogP contribution in [0.1, 0.15) is 31.9 Å². The smallest absolute Gasteiger partial charge is 0.408 e. The predicted molar refractivity (Wildman–Crippen MR) is 108 cm³/mol. The molecule has 144 valence electrons. The average molecular weight is 389 g/mol. The van der Waals surface area contributed by atoms with Gasteiger partial charge >= 0.3 is 6.09 Å². The number of hydrogen-bond donors (Lipinski definition) is 2. The van der Waals surface area contributed by atoms with E-state index >= 15 is 0 Å². The first-order valence-corrected chi connectivity index (χ1v) is 9.12. The fourth-order valence-corrected chi connectivity index (χ4v) is 2.62. The minimum Gasteiger partial charge on any atom is -0.444 e. The standard InChI is InChI=1S/C21H25ClN2O3/c1-14-9-11-16(12-10-14)23-19(25)18(24-20(26)27-21(2,3)4)13-15-7-5-6-8-17(15)22/h5-12,18H,13H2,1-4H3,(H,23,25)(H,24,26). The number of alkyl carbamates (subject to hydrolysis) is 1. The van der Waals surface area contributed by atoms with Crippen LogP contribution in [0, 0.1) is 6.92 Å². The highest BCUT2D eigenvalue weighted by molar-refractivity contribution is 6.31. The highest BCUT2D eigenvalue weighted by Gasteiger charge is 2.25. The lowest BCUT2D eigenvalue weighted by atomic mass is 10.0. The lowest BCUT2D eigenvalue weighted by Gasteiger charge is -2.23. The number of anilines is 1. The van der Waals surface area contributed by atoms with Crippen LogP contribution >= 0.6 is 11.6 Å². The fourth-order valence-electron chi connectivity index (χ4n) is 2.41. The molecule has 1 atom stereocenters. The van der Waals surface area contributed by atoms with Gasteiger partial charge in [0.2, 0.25) is 5.91 Å². The van der Waals surface area contributed by atoms with E-state index in [1.165, 1.54) is 0 Å². The van der Waals surface area contributed by atoms with E-state index in [9.17, 15) is 9.59 Å². The Morgan fingerprint density at radius 3 is 2.30 bits per heavy atom. The number of carbonyl (C=O) groups is 2. The van der Waals surface area contributed by atoms with Gasteiger partial charge in [-0.1, -0.05) is 47.5 Å². The van der Waals surface area contributed by atoms with Gasteiger partial charge in [-0.3, -0.25) is 4.79 Å². The molecule has 0 spiro atoms. The van der Waals surface area contributed by atoms with Gasteiger partial charge < -0.3 is 15.4 Å². The quantitative estimate of drug-likeness (QED) is 0.778. The van der Waals surface area contributed by atoms with Crippen molar-refractivity contribution in [2.75, 3.05) is 5.32 Å². The summed E-state index contributed by atoms with van der Waals surface area (Å²) in [5, 5.41) is 6.01. The molecule has 0 aliphatic rings. The molecule has 2 aromatic carbocycles. The SMILES string of the molecule is Cc1ccc(NC(=O)C(Cc2ccccc2Cl)NC(=O)OC(C)(C)C)cc1. The van der Waals surface area contributed by atoms with Gasteiger partial charge in [0.05, 0.1) is 0 Å². The summed E-state index contributed by atoms with van der Waals surface area (Å²) in [7, 11) is 0. The van der Waals surface area contributed by atoms with Crippen LogP contribution in [0.15, 0.2) is 48.5 Å². The zero-order valence-corrected chi connectivity index (χ0v) is 16.8. The largest absolute Gasteiger partial charge is 0.444 e. The Balaban J connectivity index is 2.17. The number of rotatable bonds is 5. The van der Waals surface area contributed by atoms with Crippen LogP contribution < -0.4 is 10.6 Å². The molecule has 0 aliphatic carbocycles. The molecule has 0 aromatic heterocycles. The molecular weight excluding hydrogens is 364 g/mol. The minimum absolute atomic E-state index is 0.247. The molecule has 0 bridgehead atoms. The maximum absolute atomic E-state index is 12.8. The zero-order valence-electron chi connectivity index (χ0n) is 16.0. The highest BCUT2D eigenvalue weighted by atomic mass is 35.5. The topological polar surface area (TPSA) is 67.4 Å². The number of nitrogens with one attached hydrogen (secondary N) is 2. The van der Waals surface area contributed by atoms with Crippen molar-refractivity contribution in [3.63, 3.8) is 0 Å². The molecule has 0 heterocycles. The normalized spacial score (nSPS) is 12.2. The lowest BCUT2D eigenvalue weighted by Crippen LogP contribution is -2.47. The molecule has 6 heteroatoms. The van der Waals surface area contributed by atoms with Crippen LogP contribution in [0.2, 0.25) is 5.02 Å². The first-order valence-electron chi connectivity index (χ1n) is 8.74. The van der Waals surface area contributed by atoms with E-state index in [0.29, 0.717) is 10.7 Å². The van der Waals surface area contributed by atoms with Crippen molar-refractivity contribution in [1.29, 1.82) is 0 Å². The Morgan fingerprint density at radius 2 is 1.70 bits per heavy atom. The maximum atomic E-state index is 12.8. The number of halogens is 1. The van der Waals surface area contributed by atoms with Crippen molar-refractivity contribution >= 4 is 29.3 Å². The van der Waals surface area contributed by atoms with Crippen LogP contribution in [0.5, 0.6) is 0 Å². The molecule has 2 aromatic rings. The third-order valence-electron chi connectivity index (χ3n) is 3.71.